The topological polar surface area (TPSA) is 116 Å². The number of hydrogen-bond donors (Lipinski definition) is 4. The third kappa shape index (κ3) is 5.89. The summed E-state index contributed by atoms with van der Waals surface area (Å²) >= 11 is 0. The second-order valence-electron chi connectivity index (χ2n) is 6.67. The maximum absolute atomic E-state index is 13.0. The van der Waals surface area contributed by atoms with Gasteiger partial charge in [-0.1, -0.05) is 6.07 Å². The van der Waals surface area contributed by atoms with E-state index in [0.29, 0.717) is 37.0 Å². The second kappa shape index (κ2) is 10.0. The van der Waals surface area contributed by atoms with E-state index in [0.717, 1.165) is 12.1 Å². The summed E-state index contributed by atoms with van der Waals surface area (Å²) < 4.78 is 62.9. The largest absolute Gasteiger partial charge is 0.419 e. The number of alkyl halides is 3. The molecule has 0 aliphatic carbocycles. The second-order valence-corrected chi connectivity index (χ2v) is 7.34. The number of hydrogen-bond acceptors (Lipinski definition) is 8. The molecule has 30 heavy (non-hydrogen) atoms. The minimum absolute atomic E-state index is 0. The van der Waals surface area contributed by atoms with Crippen LogP contribution >= 0.6 is 0 Å². The van der Waals surface area contributed by atoms with E-state index in [1.54, 1.807) is 13.0 Å². The molecule has 2 atom stereocenters. The molecule has 13 heteroatoms. The van der Waals surface area contributed by atoms with E-state index >= 15 is 0 Å². The Bertz CT molecular complexity index is 966. The molecule has 0 amide bonds. The summed E-state index contributed by atoms with van der Waals surface area (Å²) in [4.78, 5) is 0. The first kappa shape index (κ1) is 24.5. The Morgan fingerprint density at radius 1 is 1.23 bits per heavy atom. The van der Waals surface area contributed by atoms with Gasteiger partial charge in [0.25, 0.3) is 0 Å². The van der Waals surface area contributed by atoms with Crippen LogP contribution in [0.1, 0.15) is 17.5 Å². The van der Waals surface area contributed by atoms with Crippen LogP contribution < -0.4 is 15.4 Å². The molecule has 1 aromatic carbocycles. The first-order valence-corrected chi connectivity index (χ1v) is 9.80. The molecule has 0 spiro atoms. The van der Waals surface area contributed by atoms with Crippen LogP contribution in [0.15, 0.2) is 24.3 Å². The maximum atomic E-state index is 13.0. The van der Waals surface area contributed by atoms with Gasteiger partial charge in [0.2, 0.25) is 0 Å². The number of rotatable bonds is 5. The summed E-state index contributed by atoms with van der Waals surface area (Å²) in [5.74, 6) is 0.426. The van der Waals surface area contributed by atoms with E-state index in [1.165, 1.54) is 0 Å². The van der Waals surface area contributed by atoms with Crippen LogP contribution in [0.3, 0.4) is 0 Å². The minimum atomic E-state index is -4.62. The fourth-order valence-electron chi connectivity index (χ4n) is 3.05. The molecule has 1 saturated heterocycles. The molecule has 2 aromatic rings. The number of piperidine rings is 1. The van der Waals surface area contributed by atoms with Crippen LogP contribution in [0, 0.1) is 6.92 Å². The number of halogens is 3. The van der Waals surface area contributed by atoms with Gasteiger partial charge in [-0.3, -0.25) is 0 Å². The Labute approximate surface area is 186 Å². The van der Waals surface area contributed by atoms with Gasteiger partial charge in [-0.2, -0.15) is 13.2 Å². The van der Waals surface area contributed by atoms with Crippen LogP contribution in [-0.2, 0) is 45.9 Å². The molecule has 1 fully saturated rings. The van der Waals surface area contributed by atoms with Crippen molar-refractivity contribution >= 4 is 22.4 Å². The van der Waals surface area contributed by atoms with Crippen molar-refractivity contribution in [2.24, 2.45) is 0 Å². The first-order chi connectivity index (χ1) is 13.6. The number of aliphatic hydroxyl groups is 1. The summed E-state index contributed by atoms with van der Waals surface area (Å²) in [6.07, 6.45) is -4.58. The van der Waals surface area contributed by atoms with E-state index < -0.39 is 28.7 Å². The average Bonchev–Trinajstić information content (AvgIpc) is 2.64. The standard InChI is InChI=1S/C17H19F3N5O3S.Re/c1-9-6-12(23-24-16(9)22-14-8-21-5-4-15(14)26)11-3-2-10(17(18,19)20)7-13(11)25-29(27)28;/h2-3,6-7,14-15,21,26H,4-5,8H2,1H3,(H,22,24)(H,25,27,28);/q-1;/t14-,15+;/m0./s1. The molecule has 4 N–H and O–H groups in total. The van der Waals surface area contributed by atoms with Gasteiger partial charge >= 0.3 is 6.18 Å². The SMILES string of the molecule is Cc1cc(-c2ccc(C(F)(F)F)cc2N[S-](=O)=O)nnc1N[C@H]1CNCC[C@H]1O.[Re]. The molecule has 1 radical (unpaired) electrons. The summed E-state index contributed by atoms with van der Waals surface area (Å²) in [6, 6.07) is 4.02. The number of nitrogens with one attached hydrogen (secondary N) is 3. The van der Waals surface area contributed by atoms with Crippen LogP contribution in [0.4, 0.5) is 24.7 Å². The third-order valence-corrected chi connectivity index (χ3v) is 4.95. The van der Waals surface area contributed by atoms with Crippen molar-refractivity contribution in [3.63, 3.8) is 0 Å². The Kier molecular flexibility index (Phi) is 8.18. The predicted octanol–water partition coefficient (Wildman–Crippen LogP) is 2.24. The zero-order valence-corrected chi connectivity index (χ0v) is 19.2. The average molecular weight is 617 g/mol. The van der Waals surface area contributed by atoms with E-state index in [1.807, 2.05) is 4.72 Å². The third-order valence-electron chi connectivity index (χ3n) is 4.57. The van der Waals surface area contributed by atoms with Crippen molar-refractivity contribution in [3.05, 3.63) is 35.4 Å². The van der Waals surface area contributed by atoms with Gasteiger partial charge < -0.3 is 28.9 Å². The van der Waals surface area contributed by atoms with Gasteiger partial charge in [0, 0.05) is 49.1 Å². The summed E-state index contributed by atoms with van der Waals surface area (Å²) in [7, 11) is -2.82. The fraction of sp³-hybridized carbons (Fsp3) is 0.412. The summed E-state index contributed by atoms with van der Waals surface area (Å²) in [5.41, 5.74) is -0.243. The quantitative estimate of drug-likeness (QED) is 0.381. The number of aliphatic hydroxyl groups excluding tert-OH is 1. The molecular formula is C17H19F3N5O3ReS-. The molecule has 1 aromatic heterocycles. The summed E-state index contributed by atoms with van der Waals surface area (Å²) in [6.45, 7) is 2.99. The first-order valence-electron chi connectivity index (χ1n) is 8.72. The number of anilines is 2. The zero-order valence-electron chi connectivity index (χ0n) is 15.7. The predicted molar refractivity (Wildman–Crippen MR) is 100 cm³/mol. The smallest absolute Gasteiger partial charge is 0.416 e. The van der Waals surface area contributed by atoms with E-state index in [4.69, 9.17) is 0 Å². The molecule has 3 rings (SSSR count). The van der Waals surface area contributed by atoms with Crippen molar-refractivity contribution in [1.29, 1.82) is 0 Å². The maximum Gasteiger partial charge on any atom is 0.416 e. The van der Waals surface area contributed by atoms with Crippen LogP contribution in [0.25, 0.3) is 11.3 Å². The Hall–Kier alpha value is -1.78. The Morgan fingerprint density at radius 3 is 2.57 bits per heavy atom. The molecule has 2 heterocycles. The molecule has 0 bridgehead atoms. The fourth-order valence-corrected chi connectivity index (χ4v) is 3.39. The zero-order chi connectivity index (χ0) is 21.2. The molecular weight excluding hydrogens is 597 g/mol. The van der Waals surface area contributed by atoms with Crippen LogP contribution in [0.5, 0.6) is 0 Å². The van der Waals surface area contributed by atoms with Gasteiger partial charge in [0.05, 0.1) is 23.4 Å². The van der Waals surface area contributed by atoms with Gasteiger partial charge in [0.15, 0.2) is 5.82 Å². The van der Waals surface area contributed by atoms with E-state index in [-0.39, 0.29) is 43.4 Å². The van der Waals surface area contributed by atoms with Crippen molar-refractivity contribution in [3.8, 4) is 11.3 Å². The number of nitrogens with zero attached hydrogens (tertiary/aromatic N) is 2. The number of benzene rings is 1. The normalized spacial score (nSPS) is 19.3. The minimum Gasteiger partial charge on any atom is -0.419 e. The molecule has 1 aliphatic heterocycles. The van der Waals surface area contributed by atoms with Gasteiger partial charge in [-0.05, 0) is 43.7 Å². The Morgan fingerprint density at radius 2 is 1.97 bits per heavy atom. The monoisotopic (exact) mass is 617 g/mol. The molecule has 0 unspecified atom stereocenters. The summed E-state index contributed by atoms with van der Waals surface area (Å²) in [5, 5.41) is 24.4. The van der Waals surface area contributed by atoms with Gasteiger partial charge in [-0.25, -0.2) is 0 Å². The molecule has 0 saturated carbocycles. The van der Waals surface area contributed by atoms with Crippen LogP contribution in [0.2, 0.25) is 0 Å². The van der Waals surface area contributed by atoms with E-state index in [9.17, 15) is 26.7 Å². The molecule has 8 nitrogen and oxygen atoms in total. The van der Waals surface area contributed by atoms with Gasteiger partial charge in [-0.15, -0.1) is 10.2 Å². The number of aromatic nitrogens is 2. The van der Waals surface area contributed by atoms with Crippen molar-refractivity contribution in [1.82, 2.24) is 15.5 Å². The van der Waals surface area contributed by atoms with Crippen molar-refractivity contribution < 1.29 is 47.1 Å². The van der Waals surface area contributed by atoms with E-state index in [2.05, 4.69) is 20.8 Å². The number of aryl methyl sites for hydroxylation is 1. The Balaban J connectivity index is 0.00000320. The molecule has 1 aliphatic rings. The molecule has 165 valence electrons. The van der Waals surface area contributed by atoms with Crippen molar-refractivity contribution in [2.45, 2.75) is 31.7 Å². The van der Waals surface area contributed by atoms with Crippen molar-refractivity contribution in [2.75, 3.05) is 23.1 Å². The van der Waals surface area contributed by atoms with Crippen LogP contribution in [-0.4, -0.2) is 40.5 Å². The van der Waals surface area contributed by atoms with Gasteiger partial charge in [0.1, 0.15) is 0 Å².